The number of guanidine groups is 1. The number of quaternary nitrogens is 1. The third kappa shape index (κ3) is 3.67. The number of furan rings is 1. The van der Waals surface area contributed by atoms with Crippen molar-refractivity contribution in [2.45, 2.75) is 44.9 Å². The average Bonchev–Trinajstić information content (AvgIpc) is 3.27. The number of nitrogens with one attached hydrogen (secondary N) is 1. The Labute approximate surface area is 179 Å². The number of amides is 1. The lowest BCUT2D eigenvalue weighted by Gasteiger charge is -2.36. The zero-order valence-electron chi connectivity index (χ0n) is 17.8. The fourth-order valence-corrected chi connectivity index (χ4v) is 4.84. The van der Waals surface area contributed by atoms with E-state index >= 15 is 0 Å². The van der Waals surface area contributed by atoms with Gasteiger partial charge in [0.05, 0.1) is 19.9 Å². The molecule has 2 aliphatic heterocycles. The van der Waals surface area contributed by atoms with Crippen LogP contribution in [0.25, 0.3) is 0 Å². The van der Waals surface area contributed by atoms with Crippen molar-refractivity contribution in [2.24, 2.45) is 11.7 Å². The molecule has 31 heavy (non-hydrogen) atoms. The molecule has 4 rings (SSSR count). The van der Waals surface area contributed by atoms with Gasteiger partial charge in [-0.3, -0.25) is 15.5 Å². The highest BCUT2D eigenvalue weighted by Crippen LogP contribution is 2.39. The van der Waals surface area contributed by atoms with Crippen LogP contribution in [0.4, 0.5) is 8.78 Å². The molecule has 2 aromatic rings. The third-order valence-electron chi connectivity index (χ3n) is 6.41. The Kier molecular flexibility index (Phi) is 5.47. The highest BCUT2D eigenvalue weighted by molar-refractivity contribution is 6.01. The number of nitrogens with zero attached hydrogens (tertiary/aromatic N) is 1. The van der Waals surface area contributed by atoms with Gasteiger partial charge in [0, 0.05) is 24.3 Å². The van der Waals surface area contributed by atoms with Crippen LogP contribution in [0.3, 0.4) is 0 Å². The van der Waals surface area contributed by atoms with Crippen molar-refractivity contribution >= 4 is 11.9 Å². The van der Waals surface area contributed by atoms with E-state index in [1.54, 1.807) is 32.4 Å². The van der Waals surface area contributed by atoms with Crippen LogP contribution in [0.1, 0.15) is 41.3 Å². The molecule has 0 aliphatic carbocycles. The number of hydrogen-bond acceptors (Lipinski definition) is 4. The molecule has 3 heterocycles. The predicted molar refractivity (Wildman–Crippen MR) is 108 cm³/mol. The molecule has 1 fully saturated rings. The van der Waals surface area contributed by atoms with E-state index in [0.717, 1.165) is 24.3 Å². The van der Waals surface area contributed by atoms with Gasteiger partial charge in [0.1, 0.15) is 11.8 Å². The van der Waals surface area contributed by atoms with Crippen LogP contribution in [0.15, 0.2) is 34.9 Å². The lowest BCUT2D eigenvalue weighted by Crippen LogP contribution is -2.92. The second-order valence-electron chi connectivity index (χ2n) is 8.42. The second-order valence-corrected chi connectivity index (χ2v) is 8.42. The fourth-order valence-electron chi connectivity index (χ4n) is 4.84. The molecule has 0 bridgehead atoms. The molecule has 1 saturated heterocycles. The number of ether oxygens (including phenoxy) is 1. The molecule has 1 aromatic carbocycles. The van der Waals surface area contributed by atoms with E-state index < -0.39 is 12.2 Å². The molecule has 2 aliphatic rings. The van der Waals surface area contributed by atoms with Gasteiger partial charge >= 0.3 is 18.5 Å². The molecule has 0 saturated carbocycles. The predicted octanol–water partition coefficient (Wildman–Crippen LogP) is 0.275. The maximum atomic E-state index is 13.5. The molecule has 5 N–H and O–H groups in total. The van der Waals surface area contributed by atoms with Crippen LogP contribution in [-0.4, -0.2) is 37.0 Å². The first-order valence-corrected chi connectivity index (χ1v) is 10.4. The highest BCUT2D eigenvalue weighted by Gasteiger charge is 2.58. The van der Waals surface area contributed by atoms with Gasteiger partial charge in [0.15, 0.2) is 5.76 Å². The lowest BCUT2D eigenvalue weighted by atomic mass is 9.71. The van der Waals surface area contributed by atoms with Gasteiger partial charge < -0.3 is 14.5 Å². The van der Waals surface area contributed by atoms with Crippen molar-refractivity contribution in [3.8, 4) is 5.75 Å². The zero-order valence-corrected chi connectivity index (χ0v) is 17.8. The monoisotopic (exact) mass is 434 g/mol. The molecule has 166 valence electrons. The topological polar surface area (TPSA) is 99.3 Å². The van der Waals surface area contributed by atoms with Gasteiger partial charge in [-0.1, -0.05) is 6.07 Å². The first-order chi connectivity index (χ1) is 14.7. The maximum absolute atomic E-state index is 13.5. The van der Waals surface area contributed by atoms with Crippen LogP contribution in [0.5, 0.6) is 5.75 Å². The summed E-state index contributed by atoms with van der Waals surface area (Å²) in [7, 11) is 1.63. The number of carbonyl (C=O) groups excluding carboxylic acids is 1. The SMILES string of the molecule is Cc1coc(C2CC(C3(c4ccc(OC(F)F)c(C)c4)[NH+]=C(N)N(C)C3=O)CC[NH2+]2)c1. The number of aryl methyl sites for hydroxylation is 2. The molecule has 3 unspecified atom stereocenters. The number of nitrogens with two attached hydrogens (primary N) is 2. The molecule has 0 radical (unpaired) electrons. The summed E-state index contributed by atoms with van der Waals surface area (Å²) >= 11 is 0. The van der Waals surface area contributed by atoms with Crippen molar-refractivity contribution in [1.82, 2.24) is 4.90 Å². The number of halogens is 2. The summed E-state index contributed by atoms with van der Waals surface area (Å²) in [6, 6.07) is 7.00. The number of hydrogen-bond donors (Lipinski definition) is 3. The van der Waals surface area contributed by atoms with Gasteiger partial charge in [-0.15, -0.1) is 0 Å². The summed E-state index contributed by atoms with van der Waals surface area (Å²) in [5, 5.41) is 2.23. The van der Waals surface area contributed by atoms with Crippen molar-refractivity contribution in [2.75, 3.05) is 13.6 Å². The van der Waals surface area contributed by atoms with Crippen LogP contribution in [-0.2, 0) is 10.3 Å². The Morgan fingerprint density at radius 3 is 2.71 bits per heavy atom. The Morgan fingerprint density at radius 2 is 2.13 bits per heavy atom. The minimum Gasteiger partial charge on any atom is -0.463 e. The van der Waals surface area contributed by atoms with Crippen molar-refractivity contribution < 1.29 is 33.0 Å². The van der Waals surface area contributed by atoms with Gasteiger partial charge in [-0.05, 0) is 43.2 Å². The molecular formula is C22H28F2N4O3+2. The van der Waals surface area contributed by atoms with E-state index in [9.17, 15) is 13.6 Å². The number of carbonyl (C=O) groups is 1. The fraction of sp³-hybridized carbons (Fsp3) is 0.455. The van der Waals surface area contributed by atoms with Gasteiger partial charge in [0.2, 0.25) is 5.54 Å². The van der Waals surface area contributed by atoms with E-state index in [0.29, 0.717) is 17.5 Å². The number of likely N-dealkylation sites (N-methyl/N-ethyl adjacent to an activating group) is 1. The van der Waals surface area contributed by atoms with Crippen LogP contribution >= 0.6 is 0 Å². The van der Waals surface area contributed by atoms with Crippen LogP contribution < -0.4 is 20.8 Å². The maximum Gasteiger partial charge on any atom is 0.387 e. The van der Waals surface area contributed by atoms with E-state index in [1.165, 1.54) is 11.0 Å². The molecule has 9 heteroatoms. The lowest BCUT2D eigenvalue weighted by molar-refractivity contribution is -0.713. The average molecular weight is 434 g/mol. The molecule has 1 aromatic heterocycles. The normalized spacial score (nSPS) is 26.5. The Balaban J connectivity index is 1.75. The van der Waals surface area contributed by atoms with E-state index in [1.807, 2.05) is 13.0 Å². The standard InChI is InChI=1S/C22H26F2N4O3/c1-12-8-18(30-11-12)16-10-15(6-7-26-16)22(19(29)28(3)21(25)27-22)14-4-5-17(13(2)9-14)31-20(23)24/h4-5,8-9,11,15-16,20,26H,6-7,10H2,1-3H3,(H2,25,27)/p+2. The molecule has 0 spiro atoms. The highest BCUT2D eigenvalue weighted by atomic mass is 19.3. The van der Waals surface area contributed by atoms with Crippen molar-refractivity contribution in [3.05, 3.63) is 53.0 Å². The summed E-state index contributed by atoms with van der Waals surface area (Å²) < 4.78 is 35.7. The molecule has 7 nitrogen and oxygen atoms in total. The number of alkyl halides is 2. The van der Waals surface area contributed by atoms with Crippen molar-refractivity contribution in [1.29, 1.82) is 0 Å². The third-order valence-corrected chi connectivity index (χ3v) is 6.41. The van der Waals surface area contributed by atoms with Crippen LogP contribution in [0, 0.1) is 19.8 Å². The molecular weight excluding hydrogens is 406 g/mol. The van der Waals surface area contributed by atoms with Crippen LogP contribution in [0.2, 0.25) is 0 Å². The Morgan fingerprint density at radius 1 is 1.35 bits per heavy atom. The number of rotatable bonds is 5. The summed E-state index contributed by atoms with van der Waals surface area (Å²) in [6.07, 6.45) is 3.21. The minimum absolute atomic E-state index is 0.0774. The largest absolute Gasteiger partial charge is 0.463 e. The summed E-state index contributed by atoms with van der Waals surface area (Å²) in [6.45, 7) is 1.58. The van der Waals surface area contributed by atoms with Gasteiger partial charge in [-0.25, -0.2) is 4.90 Å². The van der Waals surface area contributed by atoms with E-state index in [-0.39, 0.29) is 29.6 Å². The minimum atomic E-state index is -2.91. The second kappa shape index (κ2) is 7.96. The first kappa shape index (κ1) is 21.3. The van der Waals surface area contributed by atoms with Crippen molar-refractivity contribution in [3.63, 3.8) is 0 Å². The summed E-state index contributed by atoms with van der Waals surface area (Å²) in [4.78, 5) is 18.2. The molecule has 1 amide bonds. The summed E-state index contributed by atoms with van der Waals surface area (Å²) in [5.41, 5.74) is 7.32. The Bertz CT molecular complexity index is 1020. The number of benzene rings is 1. The Hall–Kier alpha value is -2.94. The first-order valence-electron chi connectivity index (χ1n) is 10.4. The van der Waals surface area contributed by atoms with Gasteiger partial charge in [-0.2, -0.15) is 8.78 Å². The zero-order chi connectivity index (χ0) is 22.3. The number of piperidine rings is 1. The molecule has 3 atom stereocenters. The van der Waals surface area contributed by atoms with E-state index in [4.69, 9.17) is 10.2 Å². The van der Waals surface area contributed by atoms with E-state index in [2.05, 4.69) is 15.0 Å². The van der Waals surface area contributed by atoms with Gasteiger partial charge in [0.25, 0.3) is 0 Å². The summed E-state index contributed by atoms with van der Waals surface area (Å²) in [5.74, 6) is 1.00. The quantitative estimate of drug-likeness (QED) is 0.629. The smallest absolute Gasteiger partial charge is 0.387 e.